The maximum atomic E-state index is 12.6. The minimum absolute atomic E-state index is 0.255. The Labute approximate surface area is 163 Å². The molecule has 0 saturated heterocycles. The number of benzene rings is 2. The maximum Gasteiger partial charge on any atom is 0.281 e. The third-order valence-electron chi connectivity index (χ3n) is 3.64. The molecule has 126 valence electrons. The van der Waals surface area contributed by atoms with Crippen molar-refractivity contribution >= 4 is 62.3 Å². The molecule has 0 aliphatic carbocycles. The second kappa shape index (κ2) is 7.23. The van der Waals surface area contributed by atoms with Crippen molar-refractivity contribution in [1.29, 1.82) is 0 Å². The molecular formula is C18H11Cl3N2OS. The molecule has 1 amide bonds. The number of carbonyl (C=O) groups excluding carboxylic acids is 1. The summed E-state index contributed by atoms with van der Waals surface area (Å²) in [5.41, 5.74) is 2.05. The zero-order chi connectivity index (χ0) is 18.1. The third kappa shape index (κ3) is 3.47. The lowest BCUT2D eigenvalue weighted by atomic mass is 10.2. The first kappa shape index (κ1) is 18.0. The summed E-state index contributed by atoms with van der Waals surface area (Å²) in [6.07, 6.45) is 5.49. The van der Waals surface area contributed by atoms with Gasteiger partial charge in [-0.1, -0.05) is 52.1 Å². The summed E-state index contributed by atoms with van der Waals surface area (Å²) in [5.74, 6) is 2.14. The number of nitrogens with zero attached hydrogens (tertiary/aromatic N) is 2. The Morgan fingerprint density at radius 1 is 1.24 bits per heavy atom. The van der Waals surface area contributed by atoms with E-state index in [2.05, 4.69) is 10.9 Å². The molecule has 0 N–H and O–H groups in total. The fraction of sp³-hybridized carbons (Fsp3) is 0.111. The first-order valence-corrected chi connectivity index (χ1v) is 9.13. The van der Waals surface area contributed by atoms with Gasteiger partial charge in [0.15, 0.2) is 4.80 Å². The second-order valence-corrected chi connectivity index (χ2v) is 7.50. The molecule has 7 heteroatoms. The van der Waals surface area contributed by atoms with E-state index in [1.807, 2.05) is 23.6 Å². The Balaban J connectivity index is 2.22. The van der Waals surface area contributed by atoms with Gasteiger partial charge in [-0.15, -0.1) is 6.42 Å². The molecule has 3 nitrogen and oxygen atoms in total. The van der Waals surface area contributed by atoms with Crippen molar-refractivity contribution in [2.45, 2.75) is 13.5 Å². The third-order valence-corrected chi connectivity index (χ3v) is 5.64. The molecule has 0 fully saturated rings. The summed E-state index contributed by atoms with van der Waals surface area (Å²) in [5, 5.41) is 1.34. The SMILES string of the molecule is C#CCn1c(=NC(=O)c2ccc(Cl)cc2Cl)sc2ccc(Cl)c(C)c21. The smallest absolute Gasteiger partial charge is 0.281 e. The number of hydrogen-bond acceptors (Lipinski definition) is 2. The molecule has 1 heterocycles. The van der Waals surface area contributed by atoms with E-state index in [-0.39, 0.29) is 17.1 Å². The van der Waals surface area contributed by atoms with Gasteiger partial charge in [-0.25, -0.2) is 0 Å². The molecule has 3 aromatic rings. The van der Waals surface area contributed by atoms with Crippen LogP contribution in [0.15, 0.2) is 35.3 Å². The molecule has 25 heavy (non-hydrogen) atoms. The minimum atomic E-state index is -0.456. The van der Waals surface area contributed by atoms with Crippen LogP contribution in [0.1, 0.15) is 15.9 Å². The van der Waals surface area contributed by atoms with Crippen LogP contribution in [0.3, 0.4) is 0 Å². The predicted octanol–water partition coefficient (Wildman–Crippen LogP) is 5.35. The van der Waals surface area contributed by atoms with E-state index in [9.17, 15) is 4.79 Å². The average Bonchev–Trinajstić information content (AvgIpc) is 2.89. The zero-order valence-electron chi connectivity index (χ0n) is 13.0. The van der Waals surface area contributed by atoms with Crippen molar-refractivity contribution in [1.82, 2.24) is 4.57 Å². The highest BCUT2D eigenvalue weighted by atomic mass is 35.5. The lowest BCUT2D eigenvalue weighted by molar-refractivity contribution is 0.0998. The van der Waals surface area contributed by atoms with Crippen LogP contribution in [-0.4, -0.2) is 10.5 Å². The molecule has 1 aromatic heterocycles. The van der Waals surface area contributed by atoms with E-state index < -0.39 is 5.91 Å². The number of amides is 1. The van der Waals surface area contributed by atoms with Crippen molar-refractivity contribution in [2.75, 3.05) is 0 Å². The molecule has 0 bridgehead atoms. The second-order valence-electron chi connectivity index (χ2n) is 5.24. The molecule has 0 atom stereocenters. The zero-order valence-corrected chi connectivity index (χ0v) is 16.1. The van der Waals surface area contributed by atoms with E-state index >= 15 is 0 Å². The quantitative estimate of drug-likeness (QED) is 0.526. The molecular weight excluding hydrogens is 399 g/mol. The molecule has 0 aliphatic heterocycles. The summed E-state index contributed by atoms with van der Waals surface area (Å²) < 4.78 is 2.76. The van der Waals surface area contributed by atoms with E-state index in [1.54, 1.807) is 12.1 Å². The van der Waals surface area contributed by atoms with E-state index in [1.165, 1.54) is 17.4 Å². The van der Waals surface area contributed by atoms with Gasteiger partial charge in [0.2, 0.25) is 0 Å². The summed E-state index contributed by atoms with van der Waals surface area (Å²) in [6.45, 7) is 2.19. The first-order chi connectivity index (χ1) is 11.9. The Hall–Kier alpha value is -1.77. The topological polar surface area (TPSA) is 34.4 Å². The van der Waals surface area contributed by atoms with Gasteiger partial charge in [-0.2, -0.15) is 4.99 Å². The van der Waals surface area contributed by atoms with Crippen LogP contribution in [0, 0.1) is 19.3 Å². The molecule has 0 unspecified atom stereocenters. The lowest BCUT2D eigenvalue weighted by Gasteiger charge is -2.05. The largest absolute Gasteiger partial charge is 0.304 e. The van der Waals surface area contributed by atoms with Gasteiger partial charge < -0.3 is 4.57 Å². The number of aryl methyl sites for hydroxylation is 1. The first-order valence-electron chi connectivity index (χ1n) is 7.18. The van der Waals surface area contributed by atoms with Gasteiger partial charge in [-0.3, -0.25) is 4.79 Å². The van der Waals surface area contributed by atoms with Crippen LogP contribution < -0.4 is 4.80 Å². The molecule has 0 saturated carbocycles. The number of aromatic nitrogens is 1. The van der Waals surface area contributed by atoms with Crippen molar-refractivity contribution in [3.63, 3.8) is 0 Å². The molecule has 2 aromatic carbocycles. The Kier molecular flexibility index (Phi) is 5.21. The van der Waals surface area contributed by atoms with Crippen molar-refractivity contribution in [2.24, 2.45) is 4.99 Å². The highest BCUT2D eigenvalue weighted by Gasteiger charge is 2.14. The standard InChI is InChI=1S/C18H11Cl3N2OS/c1-3-8-23-16-10(2)13(20)6-7-15(16)25-18(23)22-17(24)12-5-4-11(19)9-14(12)21/h1,4-7,9H,8H2,2H3. The summed E-state index contributed by atoms with van der Waals surface area (Å²) in [4.78, 5) is 17.3. The maximum absolute atomic E-state index is 12.6. The van der Waals surface area contributed by atoms with Crippen LogP contribution in [0.2, 0.25) is 15.1 Å². The van der Waals surface area contributed by atoms with Crippen molar-refractivity contribution in [3.05, 3.63) is 61.3 Å². The summed E-state index contributed by atoms with van der Waals surface area (Å²) in [7, 11) is 0. The van der Waals surface area contributed by atoms with Crippen LogP contribution in [0.25, 0.3) is 10.2 Å². The minimum Gasteiger partial charge on any atom is -0.304 e. The van der Waals surface area contributed by atoms with Crippen LogP contribution in [-0.2, 0) is 6.54 Å². The Morgan fingerprint density at radius 2 is 2.00 bits per heavy atom. The van der Waals surface area contributed by atoms with E-state index in [0.717, 1.165) is 15.8 Å². The number of rotatable bonds is 2. The van der Waals surface area contributed by atoms with Crippen molar-refractivity contribution in [3.8, 4) is 12.3 Å². The molecule has 0 spiro atoms. The molecule has 3 rings (SSSR count). The highest BCUT2D eigenvalue weighted by molar-refractivity contribution is 7.16. The normalized spacial score (nSPS) is 11.7. The summed E-state index contributed by atoms with van der Waals surface area (Å²) >= 11 is 19.6. The van der Waals surface area contributed by atoms with Crippen molar-refractivity contribution < 1.29 is 4.79 Å². The van der Waals surface area contributed by atoms with E-state index in [4.69, 9.17) is 41.2 Å². The lowest BCUT2D eigenvalue weighted by Crippen LogP contribution is -2.17. The van der Waals surface area contributed by atoms with Gasteiger partial charge in [0.25, 0.3) is 5.91 Å². The average molecular weight is 410 g/mol. The summed E-state index contributed by atoms with van der Waals surface area (Å²) in [6, 6.07) is 8.37. The fourth-order valence-electron chi connectivity index (χ4n) is 2.45. The number of hydrogen-bond donors (Lipinski definition) is 0. The van der Waals surface area contributed by atoms with Crippen LogP contribution in [0.5, 0.6) is 0 Å². The van der Waals surface area contributed by atoms with Crippen LogP contribution in [0.4, 0.5) is 0 Å². The van der Waals surface area contributed by atoms with Crippen LogP contribution >= 0.6 is 46.1 Å². The number of fused-ring (bicyclic) bond motifs is 1. The van der Waals surface area contributed by atoms with Gasteiger partial charge in [0.1, 0.15) is 0 Å². The predicted molar refractivity (Wildman–Crippen MR) is 105 cm³/mol. The van der Waals surface area contributed by atoms with E-state index in [0.29, 0.717) is 14.8 Å². The van der Waals surface area contributed by atoms with Gasteiger partial charge >= 0.3 is 0 Å². The van der Waals surface area contributed by atoms with Gasteiger partial charge in [0.05, 0.1) is 27.3 Å². The number of halogens is 3. The fourth-order valence-corrected chi connectivity index (χ4v) is 4.18. The highest BCUT2D eigenvalue weighted by Crippen LogP contribution is 2.27. The van der Waals surface area contributed by atoms with Gasteiger partial charge in [-0.05, 0) is 42.8 Å². The van der Waals surface area contributed by atoms with Gasteiger partial charge in [0, 0.05) is 10.0 Å². The Morgan fingerprint density at radius 3 is 2.68 bits per heavy atom. The monoisotopic (exact) mass is 408 g/mol. The number of terminal acetylenes is 1. The number of thiazole rings is 1. The number of carbonyl (C=O) groups is 1. The Bertz CT molecular complexity index is 1110. The molecule has 0 aliphatic rings. The molecule has 0 radical (unpaired) electrons.